The Morgan fingerprint density at radius 3 is 2.55 bits per heavy atom. The van der Waals surface area contributed by atoms with Crippen LogP contribution in [0.3, 0.4) is 0 Å². The molecule has 0 saturated carbocycles. The third-order valence-corrected chi connectivity index (χ3v) is 4.89. The largest absolute Gasteiger partial charge is 0.554 e. The lowest BCUT2D eigenvalue weighted by molar-refractivity contribution is -0.468. The van der Waals surface area contributed by atoms with Crippen molar-refractivity contribution in [3.8, 4) is 0 Å². The number of anilines is 1. The van der Waals surface area contributed by atoms with Gasteiger partial charge in [-0.15, -0.1) is 0 Å². The molecule has 31 heavy (non-hydrogen) atoms. The first-order valence-electron chi connectivity index (χ1n) is 9.08. The number of nitrogens with one attached hydrogen (secondary N) is 3. The molecule has 1 aliphatic carbocycles. The van der Waals surface area contributed by atoms with E-state index in [0.717, 1.165) is 17.2 Å². The number of rotatable bonds is 4. The van der Waals surface area contributed by atoms with Gasteiger partial charge in [0.15, 0.2) is 0 Å². The molecule has 9 nitrogen and oxygen atoms in total. The molecule has 2 aromatic carbocycles. The van der Waals surface area contributed by atoms with Crippen molar-refractivity contribution in [2.75, 3.05) is 11.9 Å². The van der Waals surface area contributed by atoms with Crippen LogP contribution in [-0.4, -0.2) is 30.8 Å². The van der Waals surface area contributed by atoms with Crippen LogP contribution in [0.5, 0.6) is 0 Å². The number of carbonyl (C=O) groups is 3. The Balaban J connectivity index is 0.00000107. The predicted octanol–water partition coefficient (Wildman–Crippen LogP) is -1.83. The number of nitrogens with two attached hydrogens (primary N) is 2. The SMILES string of the molecule is NC(N)=[NH+]C[C@H]1Cc2ccccc2[C@@H]1NC(=O)C(=O)Nc1ccc(Cl)c(F)c1.O=C[O-]. The van der Waals surface area contributed by atoms with Gasteiger partial charge in [-0.05, 0) is 35.7 Å². The highest BCUT2D eigenvalue weighted by molar-refractivity contribution is 6.39. The van der Waals surface area contributed by atoms with E-state index in [1.165, 1.54) is 12.1 Å². The van der Waals surface area contributed by atoms with E-state index in [4.69, 9.17) is 33.0 Å². The average Bonchev–Trinajstić information content (AvgIpc) is 3.07. The zero-order valence-corrected chi connectivity index (χ0v) is 17.0. The van der Waals surface area contributed by atoms with Crippen molar-refractivity contribution >= 4 is 41.5 Å². The number of amides is 2. The highest BCUT2D eigenvalue weighted by Gasteiger charge is 2.34. The Kier molecular flexibility index (Phi) is 8.33. The summed E-state index contributed by atoms with van der Waals surface area (Å²) in [5, 5.41) is 13.3. The third-order valence-electron chi connectivity index (χ3n) is 4.58. The van der Waals surface area contributed by atoms with E-state index in [-0.39, 0.29) is 28.6 Å². The molecule has 0 bridgehead atoms. The molecule has 0 unspecified atom stereocenters. The predicted molar refractivity (Wildman–Crippen MR) is 110 cm³/mol. The number of hydrogen-bond donors (Lipinski definition) is 5. The van der Waals surface area contributed by atoms with Gasteiger partial charge in [0.25, 0.3) is 0 Å². The van der Waals surface area contributed by atoms with E-state index in [2.05, 4.69) is 15.6 Å². The number of carboxylic acid groups (broad SMARTS) is 1. The van der Waals surface area contributed by atoms with Crippen molar-refractivity contribution in [2.24, 2.45) is 17.4 Å². The highest BCUT2D eigenvalue weighted by atomic mass is 35.5. The van der Waals surface area contributed by atoms with Crippen molar-refractivity contribution in [3.05, 3.63) is 64.4 Å². The lowest BCUT2D eigenvalue weighted by Gasteiger charge is -2.20. The van der Waals surface area contributed by atoms with Crippen molar-refractivity contribution in [1.82, 2.24) is 5.32 Å². The van der Waals surface area contributed by atoms with Gasteiger partial charge >= 0.3 is 17.8 Å². The number of benzene rings is 2. The van der Waals surface area contributed by atoms with E-state index in [1.54, 1.807) is 0 Å². The summed E-state index contributed by atoms with van der Waals surface area (Å²) in [6.45, 7) is -0.0635. The first-order valence-corrected chi connectivity index (χ1v) is 9.46. The number of carbonyl (C=O) groups excluding carboxylic acids is 3. The molecule has 0 spiro atoms. The second-order valence-electron chi connectivity index (χ2n) is 6.63. The van der Waals surface area contributed by atoms with Gasteiger partial charge in [-0.2, -0.15) is 0 Å². The summed E-state index contributed by atoms with van der Waals surface area (Å²) in [7, 11) is 0. The monoisotopic (exact) mass is 449 g/mol. The average molecular weight is 450 g/mol. The topological polar surface area (TPSA) is 164 Å². The summed E-state index contributed by atoms with van der Waals surface area (Å²) in [6.07, 6.45) is 0.700. The molecule has 11 heteroatoms. The Bertz CT molecular complexity index is 997. The second-order valence-corrected chi connectivity index (χ2v) is 7.04. The number of hydrogen-bond acceptors (Lipinski definition) is 4. The molecule has 0 fully saturated rings. The van der Waals surface area contributed by atoms with E-state index in [9.17, 15) is 14.0 Å². The molecule has 0 heterocycles. The maximum atomic E-state index is 13.5. The normalized spacial score (nSPS) is 16.2. The van der Waals surface area contributed by atoms with Gasteiger partial charge in [0.05, 0.1) is 17.6 Å². The van der Waals surface area contributed by atoms with Crippen LogP contribution >= 0.6 is 11.6 Å². The van der Waals surface area contributed by atoms with Gasteiger partial charge < -0.3 is 20.5 Å². The summed E-state index contributed by atoms with van der Waals surface area (Å²) >= 11 is 5.62. The second kappa shape index (κ2) is 10.9. The van der Waals surface area contributed by atoms with Gasteiger partial charge in [-0.3, -0.25) is 26.0 Å². The molecule has 0 saturated heterocycles. The van der Waals surface area contributed by atoms with Crippen LogP contribution in [0.4, 0.5) is 10.1 Å². The lowest BCUT2D eigenvalue weighted by atomic mass is 10.0. The molecule has 0 radical (unpaired) electrons. The fourth-order valence-corrected chi connectivity index (χ4v) is 3.40. The number of halogens is 2. The minimum atomic E-state index is -0.900. The molecule has 7 N–H and O–H groups in total. The standard InChI is InChI=1S/C19H19ClFN5O2.CH2O2/c20-14-6-5-12(8-15(14)21)25-17(27)18(28)26-16-11(9-24-19(22)23)7-10-3-1-2-4-13(10)16;2-1-3/h1-6,8,11,16H,7,9H2,(H,25,27)(H,26,28)(H4,22,23,24);1H,(H,2,3)/t11-,16-;/m1./s1. The summed E-state index contributed by atoms with van der Waals surface area (Å²) in [5.74, 6) is -2.37. The van der Waals surface area contributed by atoms with Crippen LogP contribution in [0.2, 0.25) is 5.02 Å². The maximum absolute atomic E-state index is 13.5. The molecule has 2 atom stereocenters. The third kappa shape index (κ3) is 6.41. The summed E-state index contributed by atoms with van der Waals surface area (Å²) in [6, 6.07) is 11.0. The molecule has 2 amide bonds. The smallest absolute Gasteiger partial charge is 0.338 e. The molecule has 0 aromatic heterocycles. The quantitative estimate of drug-likeness (QED) is 0.159. The highest BCUT2D eigenvalue weighted by Crippen LogP contribution is 2.35. The van der Waals surface area contributed by atoms with Gasteiger partial charge in [-0.25, -0.2) is 4.39 Å². The minimum Gasteiger partial charge on any atom is -0.554 e. The van der Waals surface area contributed by atoms with Crippen molar-refractivity contribution in [1.29, 1.82) is 0 Å². The van der Waals surface area contributed by atoms with Gasteiger partial charge in [0.1, 0.15) is 5.82 Å². The van der Waals surface area contributed by atoms with Crippen LogP contribution < -0.4 is 32.2 Å². The van der Waals surface area contributed by atoms with Crippen LogP contribution in [-0.2, 0) is 20.8 Å². The summed E-state index contributed by atoms with van der Waals surface area (Å²) in [5.41, 5.74) is 13.1. The molecule has 164 valence electrons. The van der Waals surface area contributed by atoms with Crippen molar-refractivity contribution < 1.29 is 28.9 Å². The first-order chi connectivity index (χ1) is 14.8. The number of fused-ring (bicyclic) bond motifs is 1. The first kappa shape index (κ1) is 23.6. The molecular formula is C20H21ClFN5O4. The fraction of sp³-hybridized carbons (Fsp3) is 0.200. The van der Waals surface area contributed by atoms with Crippen molar-refractivity contribution in [2.45, 2.75) is 12.5 Å². The zero-order chi connectivity index (χ0) is 23.0. The Morgan fingerprint density at radius 2 is 1.90 bits per heavy atom. The van der Waals surface area contributed by atoms with E-state index in [0.29, 0.717) is 13.0 Å². The van der Waals surface area contributed by atoms with Gasteiger partial charge in [0, 0.05) is 18.1 Å². The number of guanidine groups is 1. The van der Waals surface area contributed by atoms with Gasteiger partial charge in [0.2, 0.25) is 0 Å². The van der Waals surface area contributed by atoms with E-state index in [1.807, 2.05) is 24.3 Å². The maximum Gasteiger partial charge on any atom is 0.338 e. The van der Waals surface area contributed by atoms with Crippen LogP contribution in [0.1, 0.15) is 17.2 Å². The van der Waals surface area contributed by atoms with Crippen LogP contribution in [0.25, 0.3) is 0 Å². The minimum absolute atomic E-state index is 0.0378. The zero-order valence-electron chi connectivity index (χ0n) is 16.2. The molecular weight excluding hydrogens is 429 g/mol. The van der Waals surface area contributed by atoms with Crippen LogP contribution in [0, 0.1) is 11.7 Å². The summed E-state index contributed by atoms with van der Waals surface area (Å²) < 4.78 is 13.5. The van der Waals surface area contributed by atoms with Gasteiger partial charge in [-0.1, -0.05) is 35.9 Å². The fourth-order valence-electron chi connectivity index (χ4n) is 3.28. The molecule has 3 rings (SSSR count). The Hall–Kier alpha value is -3.66. The van der Waals surface area contributed by atoms with Crippen molar-refractivity contribution in [3.63, 3.8) is 0 Å². The Labute approximate surface area is 182 Å². The molecule has 1 aliphatic rings. The van der Waals surface area contributed by atoms with E-state index >= 15 is 0 Å². The van der Waals surface area contributed by atoms with Crippen LogP contribution in [0.15, 0.2) is 42.5 Å². The molecule has 0 aliphatic heterocycles. The Morgan fingerprint density at radius 1 is 1.23 bits per heavy atom. The molecule has 2 aromatic rings. The van der Waals surface area contributed by atoms with E-state index < -0.39 is 24.1 Å². The summed E-state index contributed by atoms with van der Waals surface area (Å²) in [4.78, 5) is 35.8. The lowest BCUT2D eigenvalue weighted by Crippen LogP contribution is -2.79.